The van der Waals surface area contributed by atoms with E-state index in [0.29, 0.717) is 57.0 Å². The summed E-state index contributed by atoms with van der Waals surface area (Å²) in [6.45, 7) is 0.136. The van der Waals surface area contributed by atoms with Crippen LogP contribution in [-0.4, -0.2) is 46.9 Å². The van der Waals surface area contributed by atoms with Crippen LogP contribution >= 0.6 is 0 Å². The van der Waals surface area contributed by atoms with Crippen LogP contribution in [0, 0.1) is 0 Å². The number of carbonyl (C=O) groups is 2. The smallest absolute Gasteiger partial charge is 0.248 e. The number of anilines is 2. The van der Waals surface area contributed by atoms with Crippen LogP contribution in [0.1, 0.15) is 15.9 Å². The Morgan fingerprint density at radius 2 is 1.51 bits per heavy atom. The number of allylic oxidation sites excluding steroid dienone is 1. The molecule has 0 bridgehead atoms. The third kappa shape index (κ3) is 6.42. The van der Waals surface area contributed by atoms with Gasteiger partial charge in [0.25, 0.3) is 0 Å². The van der Waals surface area contributed by atoms with Crippen LogP contribution in [0.4, 0.5) is 11.4 Å². The summed E-state index contributed by atoms with van der Waals surface area (Å²) in [4.78, 5) is 25.3. The Kier molecular flexibility index (Phi) is 8.57. The van der Waals surface area contributed by atoms with Gasteiger partial charge in [0.05, 0.1) is 39.7 Å². The maximum absolute atomic E-state index is 12.7. The molecule has 2 N–H and O–H groups in total. The van der Waals surface area contributed by atoms with Crippen LogP contribution in [0.5, 0.6) is 34.5 Å². The van der Waals surface area contributed by atoms with E-state index in [1.165, 1.54) is 39.7 Å². The van der Waals surface area contributed by atoms with Gasteiger partial charge in [-0.1, -0.05) is 0 Å². The molecule has 0 saturated heterocycles. The Morgan fingerprint density at radius 3 is 2.21 bits per heavy atom. The van der Waals surface area contributed by atoms with Gasteiger partial charge >= 0.3 is 0 Å². The number of hydrogen-bond acceptors (Lipinski definition) is 9. The topological polar surface area (TPSA) is 114 Å². The van der Waals surface area contributed by atoms with Gasteiger partial charge in [-0.3, -0.25) is 9.59 Å². The highest BCUT2D eigenvalue weighted by molar-refractivity contribution is 6.05. The number of amides is 1. The Labute approximate surface area is 225 Å². The van der Waals surface area contributed by atoms with Crippen LogP contribution < -0.4 is 39.1 Å². The molecule has 1 aliphatic rings. The molecule has 202 valence electrons. The Bertz CT molecular complexity index is 1410. The molecule has 0 unspecified atom stereocenters. The zero-order valence-corrected chi connectivity index (χ0v) is 21.9. The first kappa shape index (κ1) is 26.9. The summed E-state index contributed by atoms with van der Waals surface area (Å²) in [6.07, 6.45) is 5.85. The average molecular weight is 533 g/mol. The molecule has 0 atom stereocenters. The van der Waals surface area contributed by atoms with Crippen molar-refractivity contribution in [2.75, 3.05) is 45.9 Å². The van der Waals surface area contributed by atoms with E-state index in [2.05, 4.69) is 10.6 Å². The first-order chi connectivity index (χ1) is 18.9. The van der Waals surface area contributed by atoms with E-state index in [-0.39, 0.29) is 18.5 Å². The second kappa shape index (κ2) is 12.4. The Balaban J connectivity index is 1.44. The van der Waals surface area contributed by atoms with Crippen molar-refractivity contribution >= 4 is 29.1 Å². The SMILES string of the molecule is COc1cc(OC)c(/C=C/C(=O)Nc2ccc(OC)c(N/C=C\C(=O)c3ccc4c(c3)OCO4)c2)c(OC)c1. The molecule has 4 rings (SSSR count). The van der Waals surface area contributed by atoms with Crippen molar-refractivity contribution in [3.63, 3.8) is 0 Å². The van der Waals surface area contributed by atoms with E-state index in [1.807, 2.05) is 0 Å². The number of rotatable bonds is 11. The zero-order chi connectivity index (χ0) is 27.8. The van der Waals surface area contributed by atoms with E-state index in [0.717, 1.165) is 0 Å². The molecular weight excluding hydrogens is 504 g/mol. The number of fused-ring (bicyclic) bond motifs is 1. The molecule has 1 amide bonds. The van der Waals surface area contributed by atoms with Gasteiger partial charge in [0, 0.05) is 41.7 Å². The third-order valence-corrected chi connectivity index (χ3v) is 5.75. The van der Waals surface area contributed by atoms with E-state index >= 15 is 0 Å². The minimum atomic E-state index is -0.375. The predicted octanol–water partition coefficient (Wildman–Crippen LogP) is 4.91. The van der Waals surface area contributed by atoms with Crippen LogP contribution in [0.15, 0.2) is 66.9 Å². The van der Waals surface area contributed by atoms with E-state index in [1.54, 1.807) is 61.7 Å². The largest absolute Gasteiger partial charge is 0.496 e. The predicted molar refractivity (Wildman–Crippen MR) is 146 cm³/mol. The molecule has 3 aromatic carbocycles. The molecule has 39 heavy (non-hydrogen) atoms. The summed E-state index contributed by atoms with van der Waals surface area (Å²) in [5.41, 5.74) is 2.11. The average Bonchev–Trinajstić information content (AvgIpc) is 3.43. The van der Waals surface area contributed by atoms with Gasteiger partial charge in [0.2, 0.25) is 12.7 Å². The van der Waals surface area contributed by atoms with E-state index in [9.17, 15) is 9.59 Å². The van der Waals surface area contributed by atoms with Crippen molar-refractivity contribution in [2.24, 2.45) is 0 Å². The molecular formula is C29H28N2O8. The summed E-state index contributed by atoms with van der Waals surface area (Å²) in [7, 11) is 6.12. The fourth-order valence-corrected chi connectivity index (χ4v) is 3.79. The first-order valence-electron chi connectivity index (χ1n) is 11.8. The van der Waals surface area contributed by atoms with Crippen molar-refractivity contribution in [3.05, 3.63) is 78.0 Å². The lowest BCUT2D eigenvalue weighted by Gasteiger charge is -2.13. The molecule has 3 aromatic rings. The van der Waals surface area contributed by atoms with Crippen molar-refractivity contribution < 1.29 is 38.0 Å². The van der Waals surface area contributed by atoms with Crippen LogP contribution in [0.25, 0.3) is 6.08 Å². The number of ketones is 1. The lowest BCUT2D eigenvalue weighted by Crippen LogP contribution is -2.08. The molecule has 0 aliphatic carbocycles. The van der Waals surface area contributed by atoms with Crippen molar-refractivity contribution in [1.82, 2.24) is 0 Å². The van der Waals surface area contributed by atoms with Gasteiger partial charge in [-0.05, 0) is 42.5 Å². The highest BCUT2D eigenvalue weighted by Crippen LogP contribution is 2.35. The molecule has 0 aromatic heterocycles. The fourth-order valence-electron chi connectivity index (χ4n) is 3.79. The Morgan fingerprint density at radius 1 is 0.795 bits per heavy atom. The summed E-state index contributed by atoms with van der Waals surface area (Å²) < 4.78 is 32.1. The number of methoxy groups -OCH3 is 4. The summed E-state index contributed by atoms with van der Waals surface area (Å²) in [5.74, 6) is 2.62. The lowest BCUT2D eigenvalue weighted by molar-refractivity contribution is -0.111. The van der Waals surface area contributed by atoms with Gasteiger partial charge in [-0.2, -0.15) is 0 Å². The number of ether oxygens (including phenoxy) is 6. The first-order valence-corrected chi connectivity index (χ1v) is 11.8. The fraction of sp³-hybridized carbons (Fsp3) is 0.172. The third-order valence-electron chi connectivity index (χ3n) is 5.75. The molecule has 0 spiro atoms. The van der Waals surface area contributed by atoms with Gasteiger partial charge in [-0.15, -0.1) is 0 Å². The monoisotopic (exact) mass is 532 g/mol. The quantitative estimate of drug-likeness (QED) is 0.263. The number of nitrogens with one attached hydrogen (secondary N) is 2. The van der Waals surface area contributed by atoms with Crippen molar-refractivity contribution in [3.8, 4) is 34.5 Å². The molecule has 0 radical (unpaired) electrons. The highest BCUT2D eigenvalue weighted by atomic mass is 16.7. The maximum Gasteiger partial charge on any atom is 0.248 e. The highest BCUT2D eigenvalue weighted by Gasteiger charge is 2.15. The zero-order valence-electron chi connectivity index (χ0n) is 21.9. The Hall–Kier alpha value is -5.12. The normalized spacial score (nSPS) is 11.9. The van der Waals surface area contributed by atoms with Gasteiger partial charge in [-0.25, -0.2) is 0 Å². The number of carbonyl (C=O) groups excluding carboxylic acids is 2. The molecule has 10 nitrogen and oxygen atoms in total. The maximum atomic E-state index is 12.7. The van der Waals surface area contributed by atoms with Gasteiger partial charge in [0.15, 0.2) is 17.3 Å². The number of benzene rings is 3. The molecule has 10 heteroatoms. The van der Waals surface area contributed by atoms with Gasteiger partial charge in [0.1, 0.15) is 23.0 Å². The molecule has 0 fully saturated rings. The molecule has 0 saturated carbocycles. The second-order valence-corrected chi connectivity index (χ2v) is 8.09. The summed E-state index contributed by atoms with van der Waals surface area (Å²) >= 11 is 0. The van der Waals surface area contributed by atoms with Crippen LogP contribution in [0.2, 0.25) is 0 Å². The van der Waals surface area contributed by atoms with Crippen LogP contribution in [-0.2, 0) is 4.79 Å². The van der Waals surface area contributed by atoms with Crippen molar-refractivity contribution in [2.45, 2.75) is 0 Å². The minimum Gasteiger partial charge on any atom is -0.496 e. The second-order valence-electron chi connectivity index (χ2n) is 8.09. The van der Waals surface area contributed by atoms with Crippen molar-refractivity contribution in [1.29, 1.82) is 0 Å². The van der Waals surface area contributed by atoms with E-state index in [4.69, 9.17) is 28.4 Å². The minimum absolute atomic E-state index is 0.136. The molecule has 1 aliphatic heterocycles. The summed E-state index contributed by atoms with van der Waals surface area (Å²) in [6, 6.07) is 13.5. The lowest BCUT2D eigenvalue weighted by atomic mass is 10.1. The standard InChI is InChI=1S/C29H28N2O8/c1-34-20-15-26(36-3)21(27(16-20)37-4)7-10-29(33)31-19-6-9-24(35-2)22(14-19)30-12-11-23(32)18-5-8-25-28(13-18)39-17-38-25/h5-16,30H,17H2,1-4H3,(H,31,33)/b10-7+,12-11-. The molecule has 1 heterocycles. The van der Waals surface area contributed by atoms with E-state index < -0.39 is 0 Å². The van der Waals surface area contributed by atoms with Gasteiger partial charge < -0.3 is 39.1 Å². The number of hydrogen-bond donors (Lipinski definition) is 2. The summed E-state index contributed by atoms with van der Waals surface area (Å²) in [5, 5.41) is 5.84. The van der Waals surface area contributed by atoms with Crippen LogP contribution in [0.3, 0.4) is 0 Å².